The van der Waals surface area contributed by atoms with E-state index in [4.69, 9.17) is 0 Å². The molecule has 7 heteroatoms. The normalized spacial score (nSPS) is 14.1. The Hall–Kier alpha value is -2.83. The summed E-state index contributed by atoms with van der Waals surface area (Å²) in [7, 11) is 0. The quantitative estimate of drug-likeness (QED) is 0.809. The van der Waals surface area contributed by atoms with Crippen LogP contribution in [0, 0.1) is 0 Å². The first-order valence-corrected chi connectivity index (χ1v) is 7.58. The topological polar surface area (TPSA) is 88.0 Å². The average Bonchev–Trinajstić information content (AvgIpc) is 3.11. The highest BCUT2D eigenvalue weighted by atomic mass is 16.2. The van der Waals surface area contributed by atoms with Crippen LogP contribution in [0.1, 0.15) is 31.0 Å². The van der Waals surface area contributed by atoms with Crippen molar-refractivity contribution in [2.45, 2.75) is 32.9 Å². The Kier molecular flexibility index (Phi) is 4.01. The van der Waals surface area contributed by atoms with Gasteiger partial charge >= 0.3 is 6.03 Å². The Balaban J connectivity index is 1.62. The van der Waals surface area contributed by atoms with Gasteiger partial charge in [-0.3, -0.25) is 9.48 Å². The third-order valence-corrected chi connectivity index (χ3v) is 3.82. The number of benzene rings is 1. The van der Waals surface area contributed by atoms with Gasteiger partial charge in [0.15, 0.2) is 0 Å². The minimum atomic E-state index is -0.289. The van der Waals surface area contributed by atoms with Gasteiger partial charge in [0.25, 0.3) is 0 Å². The van der Waals surface area contributed by atoms with E-state index >= 15 is 0 Å². The van der Waals surface area contributed by atoms with E-state index in [1.54, 1.807) is 17.1 Å². The molecular weight excluding hydrogens is 294 g/mol. The number of hydrogen-bond acceptors (Lipinski definition) is 3. The fraction of sp³-hybridized carbons (Fsp3) is 0.312. The molecule has 7 nitrogen and oxygen atoms in total. The lowest BCUT2D eigenvalue weighted by Gasteiger charge is -2.15. The molecule has 3 rings (SSSR count). The van der Waals surface area contributed by atoms with Crippen LogP contribution >= 0.6 is 0 Å². The van der Waals surface area contributed by atoms with Crippen molar-refractivity contribution >= 4 is 23.3 Å². The van der Waals surface area contributed by atoms with Gasteiger partial charge in [-0.1, -0.05) is 12.1 Å². The number of nitrogens with one attached hydrogen (secondary N) is 3. The average molecular weight is 313 g/mol. The highest BCUT2D eigenvalue weighted by Crippen LogP contribution is 2.26. The number of aromatic nitrogens is 2. The maximum absolute atomic E-state index is 12.1. The van der Waals surface area contributed by atoms with Crippen LogP contribution in [0.3, 0.4) is 0 Å². The lowest BCUT2D eigenvalue weighted by atomic mass is 10.0. The molecule has 120 valence electrons. The number of amides is 3. The maximum atomic E-state index is 12.1. The van der Waals surface area contributed by atoms with Crippen LogP contribution < -0.4 is 16.0 Å². The van der Waals surface area contributed by atoms with E-state index in [1.807, 2.05) is 32.0 Å². The number of carbonyl (C=O) groups is 2. The first-order chi connectivity index (χ1) is 11.0. The Labute approximate surface area is 134 Å². The van der Waals surface area contributed by atoms with Gasteiger partial charge in [-0.2, -0.15) is 5.10 Å². The predicted molar refractivity (Wildman–Crippen MR) is 87.2 cm³/mol. The minimum Gasteiger partial charge on any atom is -0.331 e. The van der Waals surface area contributed by atoms with Crippen molar-refractivity contribution in [2.24, 2.45) is 0 Å². The smallest absolute Gasteiger partial charge is 0.319 e. The second-order valence-corrected chi connectivity index (χ2v) is 5.55. The molecule has 3 N–H and O–H groups in total. The van der Waals surface area contributed by atoms with Crippen molar-refractivity contribution in [2.75, 3.05) is 10.6 Å². The van der Waals surface area contributed by atoms with E-state index in [0.29, 0.717) is 12.1 Å². The molecule has 0 spiro atoms. The summed E-state index contributed by atoms with van der Waals surface area (Å²) in [6.07, 6.45) is 3.77. The van der Waals surface area contributed by atoms with Crippen LogP contribution in [0.5, 0.6) is 0 Å². The first-order valence-electron chi connectivity index (χ1n) is 7.58. The third kappa shape index (κ3) is 3.33. The number of carbonyl (C=O) groups excluding carboxylic acids is 2. The summed E-state index contributed by atoms with van der Waals surface area (Å²) >= 11 is 0. The van der Waals surface area contributed by atoms with Crippen molar-refractivity contribution in [3.63, 3.8) is 0 Å². The molecule has 0 aliphatic carbocycles. The summed E-state index contributed by atoms with van der Waals surface area (Å²) in [6, 6.07) is 5.27. The SMILES string of the molecule is CCn1cc(NC(=O)NC(C)c2ccc3c(c2)CC(=O)N3)cn1. The third-order valence-electron chi connectivity index (χ3n) is 3.82. The zero-order valence-electron chi connectivity index (χ0n) is 13.1. The molecule has 2 aromatic rings. The molecule has 3 amide bonds. The number of rotatable bonds is 4. The van der Waals surface area contributed by atoms with Crippen molar-refractivity contribution in [3.8, 4) is 0 Å². The van der Waals surface area contributed by atoms with Crippen molar-refractivity contribution < 1.29 is 9.59 Å². The summed E-state index contributed by atoms with van der Waals surface area (Å²) in [5.74, 6) is 0.00319. The number of anilines is 2. The van der Waals surface area contributed by atoms with Gasteiger partial charge in [0.1, 0.15) is 0 Å². The zero-order valence-corrected chi connectivity index (χ0v) is 13.1. The van der Waals surface area contributed by atoms with Gasteiger partial charge in [-0.25, -0.2) is 4.79 Å². The second-order valence-electron chi connectivity index (χ2n) is 5.55. The molecule has 2 heterocycles. The minimum absolute atomic E-state index is 0.00319. The van der Waals surface area contributed by atoms with E-state index in [2.05, 4.69) is 21.0 Å². The highest BCUT2D eigenvalue weighted by molar-refractivity contribution is 5.99. The fourth-order valence-corrected chi connectivity index (χ4v) is 2.57. The van der Waals surface area contributed by atoms with Crippen LogP contribution in [0.25, 0.3) is 0 Å². The van der Waals surface area contributed by atoms with Crippen LogP contribution in [-0.2, 0) is 17.8 Å². The molecule has 1 aliphatic rings. The van der Waals surface area contributed by atoms with Crippen LogP contribution in [0.2, 0.25) is 0 Å². The monoisotopic (exact) mass is 313 g/mol. The highest BCUT2D eigenvalue weighted by Gasteiger charge is 2.19. The molecule has 0 saturated carbocycles. The zero-order chi connectivity index (χ0) is 16.4. The maximum Gasteiger partial charge on any atom is 0.319 e. The Morgan fingerprint density at radius 3 is 3.04 bits per heavy atom. The molecule has 0 bridgehead atoms. The molecule has 0 saturated heterocycles. The van der Waals surface area contributed by atoms with Crippen LogP contribution in [-0.4, -0.2) is 21.7 Å². The molecule has 1 unspecified atom stereocenters. The Morgan fingerprint density at radius 1 is 1.48 bits per heavy atom. The number of hydrogen-bond donors (Lipinski definition) is 3. The summed E-state index contributed by atoms with van der Waals surface area (Å²) in [5.41, 5.74) is 3.42. The second kappa shape index (κ2) is 6.12. The number of urea groups is 1. The summed E-state index contributed by atoms with van der Waals surface area (Å²) in [6.45, 7) is 4.63. The van der Waals surface area contributed by atoms with Crippen LogP contribution in [0.4, 0.5) is 16.2 Å². The van der Waals surface area contributed by atoms with Gasteiger partial charge < -0.3 is 16.0 Å². The van der Waals surface area contributed by atoms with E-state index in [1.165, 1.54) is 0 Å². The van der Waals surface area contributed by atoms with Gasteiger partial charge in [0, 0.05) is 18.4 Å². The molecule has 1 aromatic heterocycles. The fourth-order valence-electron chi connectivity index (χ4n) is 2.57. The van der Waals surface area contributed by atoms with Crippen molar-refractivity contribution in [1.82, 2.24) is 15.1 Å². The molecule has 1 atom stereocenters. The summed E-state index contributed by atoms with van der Waals surface area (Å²) in [5, 5.41) is 12.5. The Morgan fingerprint density at radius 2 is 2.30 bits per heavy atom. The first kappa shape index (κ1) is 15.1. The van der Waals surface area contributed by atoms with Gasteiger partial charge in [0.05, 0.1) is 24.3 Å². The molecular formula is C16H19N5O2. The lowest BCUT2D eigenvalue weighted by Crippen LogP contribution is -2.31. The van der Waals surface area contributed by atoms with Crippen molar-refractivity contribution in [1.29, 1.82) is 0 Å². The molecule has 1 aromatic carbocycles. The van der Waals surface area contributed by atoms with E-state index < -0.39 is 0 Å². The molecule has 0 radical (unpaired) electrons. The largest absolute Gasteiger partial charge is 0.331 e. The predicted octanol–water partition coefficient (Wildman–Crippen LogP) is 2.28. The number of aryl methyl sites for hydroxylation is 1. The molecule has 1 aliphatic heterocycles. The molecule has 23 heavy (non-hydrogen) atoms. The Bertz CT molecular complexity index is 753. The van der Waals surface area contributed by atoms with E-state index in [0.717, 1.165) is 23.4 Å². The number of nitrogens with zero attached hydrogens (tertiary/aromatic N) is 2. The van der Waals surface area contributed by atoms with E-state index in [-0.39, 0.29) is 18.0 Å². The van der Waals surface area contributed by atoms with Crippen LogP contribution in [0.15, 0.2) is 30.6 Å². The summed E-state index contributed by atoms with van der Waals surface area (Å²) in [4.78, 5) is 23.4. The van der Waals surface area contributed by atoms with Gasteiger partial charge in [-0.15, -0.1) is 0 Å². The van der Waals surface area contributed by atoms with E-state index in [9.17, 15) is 9.59 Å². The molecule has 0 fully saturated rings. The van der Waals surface area contributed by atoms with Crippen molar-refractivity contribution in [3.05, 3.63) is 41.7 Å². The van der Waals surface area contributed by atoms with Gasteiger partial charge in [-0.05, 0) is 31.0 Å². The lowest BCUT2D eigenvalue weighted by molar-refractivity contribution is -0.115. The van der Waals surface area contributed by atoms with Gasteiger partial charge in [0.2, 0.25) is 5.91 Å². The summed E-state index contributed by atoms with van der Waals surface area (Å²) < 4.78 is 1.74. The standard InChI is InChI=1S/C16H19N5O2/c1-3-21-9-13(8-17-21)19-16(23)18-10(2)11-4-5-14-12(6-11)7-15(22)20-14/h4-6,8-10H,3,7H2,1-2H3,(H,20,22)(H2,18,19,23). The number of fused-ring (bicyclic) bond motifs is 1.